The first-order valence-electron chi connectivity index (χ1n) is 4.77. The van der Waals surface area contributed by atoms with Crippen LogP contribution in [0.15, 0.2) is 33.6 Å². The Balaban J connectivity index is 2.22. The van der Waals surface area contributed by atoms with Crippen LogP contribution in [0.25, 0.3) is 17.0 Å². The SMILES string of the molecule is N#Cc1ccn2c(-c3csc(Br)c3)nnc2c1. The van der Waals surface area contributed by atoms with Crippen molar-refractivity contribution in [3.05, 3.63) is 39.1 Å². The van der Waals surface area contributed by atoms with Crippen LogP contribution < -0.4 is 0 Å². The molecule has 3 aromatic rings. The van der Waals surface area contributed by atoms with Crippen LogP contribution in [0, 0.1) is 11.3 Å². The Labute approximate surface area is 109 Å². The molecule has 0 aliphatic heterocycles. The predicted octanol–water partition coefficient (Wildman–Crippen LogP) is 3.09. The highest BCUT2D eigenvalue weighted by Crippen LogP contribution is 2.28. The normalized spacial score (nSPS) is 10.6. The average Bonchev–Trinajstić information content (AvgIpc) is 2.93. The molecule has 3 aromatic heterocycles. The van der Waals surface area contributed by atoms with Crippen LogP contribution in [0.4, 0.5) is 0 Å². The minimum atomic E-state index is 0.586. The van der Waals surface area contributed by atoms with Crippen LogP contribution in [0.2, 0.25) is 0 Å². The van der Waals surface area contributed by atoms with Crippen molar-refractivity contribution in [1.29, 1.82) is 5.26 Å². The van der Waals surface area contributed by atoms with Crippen molar-refractivity contribution in [2.75, 3.05) is 0 Å². The lowest BCUT2D eigenvalue weighted by atomic mass is 10.3. The number of nitriles is 1. The van der Waals surface area contributed by atoms with Crippen molar-refractivity contribution in [3.8, 4) is 17.5 Å². The van der Waals surface area contributed by atoms with Crippen molar-refractivity contribution in [3.63, 3.8) is 0 Å². The van der Waals surface area contributed by atoms with Gasteiger partial charge in [0.1, 0.15) is 0 Å². The largest absolute Gasteiger partial charge is 0.282 e. The van der Waals surface area contributed by atoms with Crippen molar-refractivity contribution in [2.45, 2.75) is 0 Å². The van der Waals surface area contributed by atoms with Crippen molar-refractivity contribution < 1.29 is 0 Å². The van der Waals surface area contributed by atoms with Crippen molar-refractivity contribution in [1.82, 2.24) is 14.6 Å². The van der Waals surface area contributed by atoms with E-state index in [-0.39, 0.29) is 0 Å². The number of pyridine rings is 1. The molecular weight excluding hydrogens is 300 g/mol. The fourth-order valence-corrected chi connectivity index (χ4v) is 2.72. The third-order valence-electron chi connectivity index (χ3n) is 2.36. The van der Waals surface area contributed by atoms with E-state index in [0.717, 1.165) is 15.2 Å². The first-order valence-corrected chi connectivity index (χ1v) is 6.44. The highest BCUT2D eigenvalue weighted by molar-refractivity contribution is 9.11. The monoisotopic (exact) mass is 304 g/mol. The fourth-order valence-electron chi connectivity index (χ4n) is 1.58. The molecule has 0 saturated carbocycles. The van der Waals surface area contributed by atoms with Crippen molar-refractivity contribution >= 4 is 32.9 Å². The summed E-state index contributed by atoms with van der Waals surface area (Å²) in [5.74, 6) is 0.784. The van der Waals surface area contributed by atoms with E-state index in [2.05, 4.69) is 32.2 Å². The molecule has 0 atom stereocenters. The van der Waals surface area contributed by atoms with Gasteiger partial charge in [0.25, 0.3) is 0 Å². The highest BCUT2D eigenvalue weighted by atomic mass is 79.9. The van der Waals surface area contributed by atoms with Gasteiger partial charge in [0.15, 0.2) is 11.5 Å². The minimum absolute atomic E-state index is 0.586. The molecule has 6 heteroatoms. The lowest BCUT2D eigenvalue weighted by Crippen LogP contribution is -1.88. The summed E-state index contributed by atoms with van der Waals surface area (Å²) in [5, 5.41) is 19.0. The second-order valence-corrected chi connectivity index (χ2v) is 5.71. The molecule has 0 aromatic carbocycles. The number of aromatic nitrogens is 3. The molecule has 0 bridgehead atoms. The van der Waals surface area contributed by atoms with Gasteiger partial charge in [-0.1, -0.05) is 0 Å². The lowest BCUT2D eigenvalue weighted by molar-refractivity contribution is 1.11. The molecule has 82 valence electrons. The van der Waals surface area contributed by atoms with Crippen LogP contribution in [0.3, 0.4) is 0 Å². The average molecular weight is 305 g/mol. The number of thiophene rings is 1. The number of rotatable bonds is 1. The van der Waals surface area contributed by atoms with Gasteiger partial charge in [0.2, 0.25) is 0 Å². The van der Waals surface area contributed by atoms with Gasteiger partial charge in [0.05, 0.1) is 15.4 Å². The maximum absolute atomic E-state index is 8.81. The number of fused-ring (bicyclic) bond motifs is 1. The zero-order valence-corrected chi connectivity index (χ0v) is 10.9. The summed E-state index contributed by atoms with van der Waals surface area (Å²) in [6.45, 7) is 0. The zero-order chi connectivity index (χ0) is 11.8. The lowest BCUT2D eigenvalue weighted by Gasteiger charge is -1.96. The number of hydrogen-bond donors (Lipinski definition) is 0. The second kappa shape index (κ2) is 3.95. The van der Waals surface area contributed by atoms with Crippen LogP contribution in [0.5, 0.6) is 0 Å². The van der Waals surface area contributed by atoms with E-state index in [4.69, 9.17) is 5.26 Å². The first kappa shape index (κ1) is 10.4. The molecule has 0 aliphatic rings. The molecule has 0 fully saturated rings. The smallest absolute Gasteiger partial charge is 0.169 e. The topological polar surface area (TPSA) is 54.0 Å². The highest BCUT2D eigenvalue weighted by Gasteiger charge is 2.09. The van der Waals surface area contributed by atoms with Crippen LogP contribution >= 0.6 is 27.3 Å². The molecule has 3 heterocycles. The Morgan fingerprint density at radius 2 is 2.24 bits per heavy atom. The summed E-state index contributed by atoms with van der Waals surface area (Å²) in [5.41, 5.74) is 2.28. The van der Waals surface area contributed by atoms with Gasteiger partial charge in [-0.15, -0.1) is 21.5 Å². The van der Waals surface area contributed by atoms with E-state index in [1.165, 1.54) is 0 Å². The van der Waals surface area contributed by atoms with Gasteiger partial charge in [-0.05, 0) is 28.1 Å². The van der Waals surface area contributed by atoms with Gasteiger partial charge in [-0.25, -0.2) is 0 Å². The predicted molar refractivity (Wildman–Crippen MR) is 68.7 cm³/mol. The van der Waals surface area contributed by atoms with Gasteiger partial charge in [-0.3, -0.25) is 4.40 Å². The molecule has 0 spiro atoms. The maximum Gasteiger partial charge on any atom is 0.169 e. The summed E-state index contributed by atoms with van der Waals surface area (Å²) in [4.78, 5) is 0. The number of halogens is 1. The van der Waals surface area contributed by atoms with Gasteiger partial charge < -0.3 is 0 Å². The van der Waals surface area contributed by atoms with E-state index < -0.39 is 0 Å². The molecule has 0 aliphatic carbocycles. The first-order chi connectivity index (χ1) is 8.28. The summed E-state index contributed by atoms with van der Waals surface area (Å²) in [6, 6.07) is 7.56. The summed E-state index contributed by atoms with van der Waals surface area (Å²) >= 11 is 5.02. The summed E-state index contributed by atoms with van der Waals surface area (Å²) in [6.07, 6.45) is 1.81. The van der Waals surface area contributed by atoms with Crippen LogP contribution in [0.1, 0.15) is 5.56 Å². The van der Waals surface area contributed by atoms with E-state index in [9.17, 15) is 0 Å². The Hall–Kier alpha value is -1.71. The molecule has 0 radical (unpaired) electrons. The molecule has 3 rings (SSSR count). The van der Waals surface area contributed by atoms with Crippen LogP contribution in [-0.2, 0) is 0 Å². The van der Waals surface area contributed by atoms with E-state index >= 15 is 0 Å². The Kier molecular flexibility index (Phi) is 2.42. The van der Waals surface area contributed by atoms with Gasteiger partial charge in [0, 0.05) is 23.2 Å². The molecule has 17 heavy (non-hydrogen) atoms. The minimum Gasteiger partial charge on any atom is -0.282 e. The van der Waals surface area contributed by atoms with E-state index in [1.54, 1.807) is 23.5 Å². The van der Waals surface area contributed by atoms with Crippen LogP contribution in [-0.4, -0.2) is 14.6 Å². The molecule has 4 nitrogen and oxygen atoms in total. The zero-order valence-electron chi connectivity index (χ0n) is 8.46. The third-order valence-corrected chi connectivity index (χ3v) is 3.87. The fraction of sp³-hybridized carbons (Fsp3) is 0. The number of nitrogens with zero attached hydrogens (tertiary/aromatic N) is 4. The molecule has 0 N–H and O–H groups in total. The summed E-state index contributed by atoms with van der Waals surface area (Å²) in [7, 11) is 0. The standard InChI is InChI=1S/C11H5BrN4S/c12-9-4-8(6-17-9)11-15-14-10-3-7(5-13)1-2-16(10)11/h1-4,6H. The number of hydrogen-bond acceptors (Lipinski definition) is 4. The molecular formula is C11H5BrN4S. The third kappa shape index (κ3) is 1.73. The Bertz CT molecular complexity index is 737. The molecule has 0 unspecified atom stereocenters. The van der Waals surface area contributed by atoms with Crippen molar-refractivity contribution in [2.24, 2.45) is 0 Å². The quantitative estimate of drug-likeness (QED) is 0.694. The van der Waals surface area contributed by atoms with E-state index in [1.807, 2.05) is 22.0 Å². The Morgan fingerprint density at radius 1 is 1.35 bits per heavy atom. The second-order valence-electron chi connectivity index (χ2n) is 3.42. The molecule has 0 saturated heterocycles. The maximum atomic E-state index is 8.81. The van der Waals surface area contributed by atoms with Gasteiger partial charge >= 0.3 is 0 Å². The molecule has 0 amide bonds. The van der Waals surface area contributed by atoms with E-state index in [0.29, 0.717) is 11.2 Å². The Morgan fingerprint density at radius 3 is 2.94 bits per heavy atom. The van der Waals surface area contributed by atoms with Gasteiger partial charge in [-0.2, -0.15) is 5.26 Å². The summed E-state index contributed by atoms with van der Waals surface area (Å²) < 4.78 is 2.92.